The van der Waals surface area contributed by atoms with E-state index in [0.29, 0.717) is 47.9 Å². The first-order chi connectivity index (χ1) is 17.2. The van der Waals surface area contributed by atoms with Crippen LogP contribution in [0.25, 0.3) is 22.4 Å². The number of rotatable bonds is 6. The zero-order valence-corrected chi connectivity index (χ0v) is 20.8. The summed E-state index contributed by atoms with van der Waals surface area (Å²) in [4.78, 5) is 22.6. The van der Waals surface area contributed by atoms with Gasteiger partial charge < -0.3 is 24.8 Å². The largest absolute Gasteiger partial charge is 0.404 e. The number of nitrogens with two attached hydrogens (primary N) is 1. The summed E-state index contributed by atoms with van der Waals surface area (Å²) in [5.41, 5.74) is 8.21. The Balaban J connectivity index is 1.59. The van der Waals surface area contributed by atoms with Gasteiger partial charge in [0.25, 0.3) is 0 Å². The Kier molecular flexibility index (Phi) is 6.33. The van der Waals surface area contributed by atoms with Gasteiger partial charge in [-0.3, -0.25) is 4.99 Å². The van der Waals surface area contributed by atoms with Gasteiger partial charge in [0.15, 0.2) is 5.65 Å². The van der Waals surface area contributed by atoms with Crippen LogP contribution in [0, 0.1) is 11.6 Å². The Labute approximate surface area is 208 Å². The van der Waals surface area contributed by atoms with Crippen LogP contribution >= 0.6 is 0 Å². The molecule has 9 nitrogen and oxygen atoms in total. The second-order valence-electron chi connectivity index (χ2n) is 9.55. The molecule has 5 rings (SSSR count). The highest BCUT2D eigenvalue weighted by molar-refractivity contribution is 5.90. The second kappa shape index (κ2) is 9.45. The lowest BCUT2D eigenvalue weighted by molar-refractivity contribution is 0.00666. The smallest absolute Gasteiger partial charge is 0.228 e. The van der Waals surface area contributed by atoms with Gasteiger partial charge in [-0.05, 0) is 31.9 Å². The van der Waals surface area contributed by atoms with Crippen LogP contribution in [0.5, 0.6) is 0 Å². The predicted octanol–water partition coefficient (Wildman–Crippen LogP) is 3.04. The zero-order valence-electron chi connectivity index (χ0n) is 20.8. The summed E-state index contributed by atoms with van der Waals surface area (Å²) in [6.45, 7) is 2.93. The summed E-state index contributed by atoms with van der Waals surface area (Å²) < 4.78 is 36.6. The SMILES string of the molecule is C[C@@H]1CN(c2nc(-c3ccc(F)cc3F)c3c(n2)nc(N(C)C)n3C)C[C@@H](C(C=NC2CC2)=CN)O1. The summed E-state index contributed by atoms with van der Waals surface area (Å²) in [5.74, 6) is -0.329. The van der Waals surface area contributed by atoms with Gasteiger partial charge in [-0.25, -0.2) is 13.8 Å². The van der Waals surface area contributed by atoms with Crippen molar-refractivity contribution >= 4 is 29.3 Å². The molecular formula is C25H30F2N8O. The molecule has 1 saturated carbocycles. The molecule has 0 amide bonds. The number of anilines is 2. The van der Waals surface area contributed by atoms with Crippen molar-refractivity contribution in [3.05, 3.63) is 41.6 Å². The molecule has 0 spiro atoms. The maximum absolute atomic E-state index is 15.0. The molecule has 0 unspecified atom stereocenters. The molecule has 2 aliphatic rings. The van der Waals surface area contributed by atoms with E-state index in [0.717, 1.165) is 24.5 Å². The lowest BCUT2D eigenvalue weighted by atomic mass is 10.1. The van der Waals surface area contributed by atoms with E-state index >= 15 is 0 Å². The van der Waals surface area contributed by atoms with E-state index in [9.17, 15) is 8.78 Å². The van der Waals surface area contributed by atoms with Crippen molar-refractivity contribution in [3.8, 4) is 11.3 Å². The maximum atomic E-state index is 15.0. The Morgan fingerprint density at radius 2 is 1.97 bits per heavy atom. The highest BCUT2D eigenvalue weighted by Crippen LogP contribution is 2.33. The first kappa shape index (κ1) is 24.1. The van der Waals surface area contributed by atoms with Crippen LogP contribution in [0.15, 0.2) is 35.0 Å². The van der Waals surface area contributed by atoms with Crippen LogP contribution in [-0.4, -0.2) is 71.2 Å². The fourth-order valence-electron chi connectivity index (χ4n) is 4.45. The molecule has 2 aromatic heterocycles. The van der Waals surface area contributed by atoms with Crippen LogP contribution in [-0.2, 0) is 11.8 Å². The van der Waals surface area contributed by atoms with Crippen LogP contribution in [0.1, 0.15) is 19.8 Å². The molecule has 190 valence electrons. The third-order valence-corrected chi connectivity index (χ3v) is 6.37. The van der Waals surface area contributed by atoms with Crippen molar-refractivity contribution in [1.82, 2.24) is 19.5 Å². The van der Waals surface area contributed by atoms with Crippen molar-refractivity contribution in [2.75, 3.05) is 37.0 Å². The fourth-order valence-corrected chi connectivity index (χ4v) is 4.45. The van der Waals surface area contributed by atoms with Crippen molar-refractivity contribution in [1.29, 1.82) is 0 Å². The molecule has 1 aliphatic heterocycles. The summed E-state index contributed by atoms with van der Waals surface area (Å²) in [6.07, 6.45) is 5.05. The minimum absolute atomic E-state index is 0.139. The molecular weight excluding hydrogens is 466 g/mol. The van der Waals surface area contributed by atoms with Gasteiger partial charge >= 0.3 is 0 Å². The molecule has 1 aliphatic carbocycles. The molecule has 1 aromatic carbocycles. The number of imidazole rings is 1. The van der Waals surface area contributed by atoms with E-state index in [-0.39, 0.29) is 17.8 Å². The quantitative estimate of drug-likeness (QED) is 0.524. The van der Waals surface area contributed by atoms with Gasteiger partial charge in [-0.1, -0.05) is 0 Å². The number of morpholine rings is 1. The lowest BCUT2D eigenvalue weighted by Gasteiger charge is -2.37. The van der Waals surface area contributed by atoms with Gasteiger partial charge in [0.05, 0.1) is 18.7 Å². The number of aliphatic imine (C=N–C) groups is 1. The van der Waals surface area contributed by atoms with Gasteiger partial charge in [0.1, 0.15) is 28.9 Å². The first-order valence-electron chi connectivity index (χ1n) is 12.0. The summed E-state index contributed by atoms with van der Waals surface area (Å²) >= 11 is 0. The first-order valence-corrected chi connectivity index (χ1v) is 12.0. The van der Waals surface area contributed by atoms with E-state index in [2.05, 4.69) is 9.98 Å². The van der Waals surface area contributed by atoms with Crippen molar-refractivity contribution in [2.45, 2.75) is 38.0 Å². The topological polar surface area (TPSA) is 97.7 Å². The molecule has 2 atom stereocenters. The number of halogens is 2. The minimum Gasteiger partial charge on any atom is -0.404 e. The molecule has 0 radical (unpaired) electrons. The highest BCUT2D eigenvalue weighted by Gasteiger charge is 2.31. The van der Waals surface area contributed by atoms with Crippen LogP contribution in [0.4, 0.5) is 20.7 Å². The van der Waals surface area contributed by atoms with Gasteiger partial charge in [-0.15, -0.1) is 0 Å². The molecule has 3 aromatic rings. The Bertz CT molecular complexity index is 1350. The minimum atomic E-state index is -0.702. The van der Waals surface area contributed by atoms with E-state index in [4.69, 9.17) is 20.4 Å². The predicted molar refractivity (Wildman–Crippen MR) is 136 cm³/mol. The number of hydrogen-bond acceptors (Lipinski definition) is 8. The van der Waals surface area contributed by atoms with Gasteiger partial charge in [0, 0.05) is 57.3 Å². The van der Waals surface area contributed by atoms with Crippen molar-refractivity contribution < 1.29 is 13.5 Å². The zero-order chi connectivity index (χ0) is 25.6. The number of nitrogens with zero attached hydrogens (tertiary/aromatic N) is 7. The van der Waals surface area contributed by atoms with E-state index in [1.807, 2.05) is 42.4 Å². The summed E-state index contributed by atoms with van der Waals surface area (Å²) in [5, 5.41) is 0. The number of ether oxygens (including phenoxy) is 1. The molecule has 1 saturated heterocycles. The van der Waals surface area contributed by atoms with Gasteiger partial charge in [0.2, 0.25) is 11.9 Å². The molecule has 2 N–H and O–H groups in total. The maximum Gasteiger partial charge on any atom is 0.228 e. The van der Waals surface area contributed by atoms with E-state index < -0.39 is 11.6 Å². The number of aromatic nitrogens is 4. The van der Waals surface area contributed by atoms with Crippen molar-refractivity contribution in [2.24, 2.45) is 17.8 Å². The monoisotopic (exact) mass is 496 g/mol. The van der Waals surface area contributed by atoms with E-state index in [1.165, 1.54) is 18.3 Å². The van der Waals surface area contributed by atoms with Crippen molar-refractivity contribution in [3.63, 3.8) is 0 Å². The molecule has 0 bridgehead atoms. The fraction of sp³-hybridized carbons (Fsp3) is 0.440. The van der Waals surface area contributed by atoms with Gasteiger partial charge in [-0.2, -0.15) is 9.97 Å². The molecule has 11 heteroatoms. The second-order valence-corrected chi connectivity index (χ2v) is 9.55. The lowest BCUT2D eigenvalue weighted by Crippen LogP contribution is -2.48. The Morgan fingerprint density at radius 1 is 1.19 bits per heavy atom. The van der Waals surface area contributed by atoms with E-state index in [1.54, 1.807) is 6.21 Å². The van der Waals surface area contributed by atoms with Crippen LogP contribution in [0.2, 0.25) is 0 Å². The number of hydrogen-bond donors (Lipinski definition) is 1. The third-order valence-electron chi connectivity index (χ3n) is 6.37. The average molecular weight is 497 g/mol. The third kappa shape index (κ3) is 4.62. The standard InChI is InChI=1S/C25H30F2N8O/c1-14-12-35(13-20(36-14)15(10-28)11-29-17-6-7-17)24-30-21(18-8-5-16(26)9-19(18)27)22-23(31-24)32-25(33(2)3)34(22)4/h5,8-11,14,17,20H,6-7,12-13,28H2,1-4H3/t14-,20+/m1/s1. The normalized spacial score (nSPS) is 21.1. The number of aryl methyl sites for hydroxylation is 1. The summed E-state index contributed by atoms with van der Waals surface area (Å²) in [7, 11) is 5.56. The average Bonchev–Trinajstić information content (AvgIpc) is 3.60. The van der Waals surface area contributed by atoms with Crippen LogP contribution < -0.4 is 15.5 Å². The highest BCUT2D eigenvalue weighted by atomic mass is 19.1. The Morgan fingerprint density at radius 3 is 2.64 bits per heavy atom. The number of benzene rings is 1. The molecule has 36 heavy (non-hydrogen) atoms. The molecule has 2 fully saturated rings. The summed E-state index contributed by atoms with van der Waals surface area (Å²) in [6, 6.07) is 3.84. The Hall–Kier alpha value is -3.60. The number of fused-ring (bicyclic) bond motifs is 1. The van der Waals surface area contributed by atoms with Crippen LogP contribution in [0.3, 0.4) is 0 Å². The molecule has 3 heterocycles.